The molecular weight excluding hydrogens is 230 g/mol. The molecule has 1 aliphatic carbocycles. The summed E-state index contributed by atoms with van der Waals surface area (Å²) in [6.07, 6.45) is 4.65. The Labute approximate surface area is 97.3 Å². The van der Waals surface area contributed by atoms with Gasteiger partial charge in [0.2, 0.25) is 0 Å². The van der Waals surface area contributed by atoms with Gasteiger partial charge in [0.1, 0.15) is 0 Å². The van der Waals surface area contributed by atoms with Gasteiger partial charge in [0.25, 0.3) is 0 Å². The standard InChI is InChI=1S/C10H21NO2S2/c1-9(2)15(12,13)7-6-11-8-10(14-3)4-5-10/h9,11H,4-8H2,1-3H3. The maximum atomic E-state index is 11.5. The van der Waals surface area contributed by atoms with Gasteiger partial charge in [0.05, 0.1) is 11.0 Å². The minimum absolute atomic E-state index is 0.255. The summed E-state index contributed by atoms with van der Waals surface area (Å²) < 4.78 is 23.4. The van der Waals surface area contributed by atoms with E-state index in [2.05, 4.69) is 11.6 Å². The first kappa shape index (κ1) is 13.3. The molecule has 90 valence electrons. The molecule has 0 aromatic carbocycles. The molecule has 0 saturated heterocycles. The van der Waals surface area contributed by atoms with Gasteiger partial charge in [-0.2, -0.15) is 11.8 Å². The van der Waals surface area contributed by atoms with E-state index in [9.17, 15) is 8.42 Å². The highest BCUT2D eigenvalue weighted by Gasteiger charge is 2.41. The van der Waals surface area contributed by atoms with E-state index >= 15 is 0 Å². The zero-order chi connectivity index (χ0) is 11.5. The monoisotopic (exact) mass is 251 g/mol. The van der Waals surface area contributed by atoms with Gasteiger partial charge in [-0.25, -0.2) is 8.42 Å². The Balaban J connectivity index is 2.17. The maximum absolute atomic E-state index is 11.5. The summed E-state index contributed by atoms with van der Waals surface area (Å²) in [5.41, 5.74) is 0. The molecular formula is C10H21NO2S2. The van der Waals surface area contributed by atoms with Gasteiger partial charge in [-0.15, -0.1) is 0 Å². The average molecular weight is 251 g/mol. The van der Waals surface area contributed by atoms with Crippen molar-refractivity contribution in [2.75, 3.05) is 25.1 Å². The third-order valence-electron chi connectivity index (χ3n) is 2.97. The summed E-state index contributed by atoms with van der Waals surface area (Å²) in [5, 5.41) is 3.00. The molecule has 0 aromatic heterocycles. The summed E-state index contributed by atoms with van der Waals surface area (Å²) in [4.78, 5) is 0. The van der Waals surface area contributed by atoms with Gasteiger partial charge < -0.3 is 5.32 Å². The molecule has 1 N–H and O–H groups in total. The normalized spacial score (nSPS) is 19.5. The molecule has 0 heterocycles. The Morgan fingerprint density at radius 1 is 1.40 bits per heavy atom. The van der Waals surface area contributed by atoms with Crippen LogP contribution in [-0.2, 0) is 9.84 Å². The lowest BCUT2D eigenvalue weighted by atomic mass is 10.4. The van der Waals surface area contributed by atoms with Crippen molar-refractivity contribution in [2.24, 2.45) is 0 Å². The second-order valence-corrected chi connectivity index (χ2v) is 8.43. The van der Waals surface area contributed by atoms with Crippen molar-refractivity contribution in [1.82, 2.24) is 5.32 Å². The van der Waals surface area contributed by atoms with Crippen molar-refractivity contribution in [2.45, 2.75) is 36.7 Å². The molecule has 0 atom stereocenters. The molecule has 5 heteroatoms. The zero-order valence-electron chi connectivity index (χ0n) is 9.75. The lowest BCUT2D eigenvalue weighted by molar-refractivity contribution is 0.581. The number of rotatable bonds is 7. The summed E-state index contributed by atoms with van der Waals surface area (Å²) in [5.74, 6) is 0.259. The Morgan fingerprint density at radius 2 is 2.00 bits per heavy atom. The predicted octanol–water partition coefficient (Wildman–Crippen LogP) is 1.29. The lowest BCUT2D eigenvalue weighted by Gasteiger charge is -2.13. The molecule has 0 unspecified atom stereocenters. The van der Waals surface area contributed by atoms with E-state index < -0.39 is 9.84 Å². The average Bonchev–Trinajstić information content (AvgIpc) is 2.93. The van der Waals surface area contributed by atoms with E-state index in [0.717, 1.165) is 6.54 Å². The highest BCUT2D eigenvalue weighted by atomic mass is 32.2. The van der Waals surface area contributed by atoms with Crippen LogP contribution in [0.15, 0.2) is 0 Å². The van der Waals surface area contributed by atoms with E-state index in [0.29, 0.717) is 11.3 Å². The fourth-order valence-electron chi connectivity index (χ4n) is 1.36. The largest absolute Gasteiger partial charge is 0.314 e. The van der Waals surface area contributed by atoms with E-state index in [1.807, 2.05) is 11.8 Å². The van der Waals surface area contributed by atoms with Crippen LogP contribution in [0.2, 0.25) is 0 Å². The number of hydrogen-bond donors (Lipinski definition) is 1. The van der Waals surface area contributed by atoms with E-state index in [1.165, 1.54) is 12.8 Å². The van der Waals surface area contributed by atoms with Crippen molar-refractivity contribution >= 4 is 21.6 Å². The molecule has 1 rings (SSSR count). The van der Waals surface area contributed by atoms with Gasteiger partial charge in [-0.1, -0.05) is 0 Å². The van der Waals surface area contributed by atoms with E-state index in [1.54, 1.807) is 13.8 Å². The van der Waals surface area contributed by atoms with Crippen molar-refractivity contribution in [3.8, 4) is 0 Å². The Morgan fingerprint density at radius 3 is 2.40 bits per heavy atom. The fraction of sp³-hybridized carbons (Fsp3) is 1.00. The van der Waals surface area contributed by atoms with Gasteiger partial charge in [0.15, 0.2) is 9.84 Å². The van der Waals surface area contributed by atoms with Gasteiger partial charge >= 0.3 is 0 Å². The predicted molar refractivity (Wildman–Crippen MR) is 67.3 cm³/mol. The van der Waals surface area contributed by atoms with E-state index in [4.69, 9.17) is 0 Å². The first-order valence-corrected chi connectivity index (χ1v) is 8.33. The summed E-state index contributed by atoms with van der Waals surface area (Å²) in [7, 11) is -2.87. The highest BCUT2D eigenvalue weighted by molar-refractivity contribution is 8.00. The zero-order valence-corrected chi connectivity index (χ0v) is 11.4. The number of thioether (sulfide) groups is 1. The van der Waals surface area contributed by atoms with Crippen molar-refractivity contribution in [1.29, 1.82) is 0 Å². The Kier molecular flexibility index (Phi) is 4.50. The van der Waals surface area contributed by atoms with E-state index in [-0.39, 0.29) is 11.0 Å². The molecule has 0 bridgehead atoms. The molecule has 1 saturated carbocycles. The molecule has 0 aromatic rings. The van der Waals surface area contributed by atoms with Crippen LogP contribution >= 0.6 is 11.8 Å². The smallest absolute Gasteiger partial charge is 0.153 e. The molecule has 15 heavy (non-hydrogen) atoms. The maximum Gasteiger partial charge on any atom is 0.153 e. The summed E-state index contributed by atoms with van der Waals surface area (Å²) in [6, 6.07) is 0. The molecule has 1 fully saturated rings. The van der Waals surface area contributed by atoms with Crippen molar-refractivity contribution < 1.29 is 8.42 Å². The van der Waals surface area contributed by atoms with Crippen LogP contribution < -0.4 is 5.32 Å². The molecule has 1 aliphatic rings. The van der Waals surface area contributed by atoms with Gasteiger partial charge in [-0.05, 0) is 32.9 Å². The Bertz CT molecular complexity index is 295. The lowest BCUT2D eigenvalue weighted by Crippen LogP contribution is -2.32. The van der Waals surface area contributed by atoms with Crippen LogP contribution in [-0.4, -0.2) is 43.5 Å². The molecule has 0 spiro atoms. The first-order valence-electron chi connectivity index (χ1n) is 5.39. The van der Waals surface area contributed by atoms with Gasteiger partial charge in [-0.3, -0.25) is 0 Å². The van der Waals surface area contributed by atoms with Crippen LogP contribution in [0.5, 0.6) is 0 Å². The fourth-order valence-corrected chi connectivity index (χ4v) is 3.02. The minimum atomic E-state index is -2.87. The quantitative estimate of drug-likeness (QED) is 0.693. The second kappa shape index (κ2) is 5.06. The third-order valence-corrected chi connectivity index (χ3v) is 6.60. The highest BCUT2D eigenvalue weighted by Crippen LogP contribution is 2.46. The topological polar surface area (TPSA) is 46.2 Å². The van der Waals surface area contributed by atoms with Crippen LogP contribution in [0.3, 0.4) is 0 Å². The van der Waals surface area contributed by atoms with Crippen LogP contribution in [0.4, 0.5) is 0 Å². The van der Waals surface area contributed by atoms with Crippen LogP contribution in [0.1, 0.15) is 26.7 Å². The summed E-state index contributed by atoms with van der Waals surface area (Å²) >= 11 is 1.89. The van der Waals surface area contributed by atoms with Crippen LogP contribution in [0, 0.1) is 0 Å². The van der Waals surface area contributed by atoms with Crippen LogP contribution in [0.25, 0.3) is 0 Å². The second-order valence-electron chi connectivity index (χ2n) is 4.48. The number of nitrogens with one attached hydrogen (secondary N) is 1. The van der Waals surface area contributed by atoms with Gasteiger partial charge in [0, 0.05) is 17.8 Å². The van der Waals surface area contributed by atoms with Crippen molar-refractivity contribution in [3.63, 3.8) is 0 Å². The molecule has 0 aliphatic heterocycles. The number of hydrogen-bond acceptors (Lipinski definition) is 4. The Hall–Kier alpha value is 0.260. The summed E-state index contributed by atoms with van der Waals surface area (Å²) in [6.45, 7) is 5.00. The third kappa shape index (κ3) is 3.96. The molecule has 0 radical (unpaired) electrons. The minimum Gasteiger partial charge on any atom is -0.314 e. The van der Waals surface area contributed by atoms with Crippen molar-refractivity contribution in [3.05, 3.63) is 0 Å². The number of sulfone groups is 1. The first-order chi connectivity index (χ1) is 6.92. The SMILES string of the molecule is CSC1(CNCCS(=O)(=O)C(C)C)CC1. The molecule has 0 amide bonds. The molecule has 3 nitrogen and oxygen atoms in total.